The molecule has 5 heteroatoms. The van der Waals surface area contributed by atoms with E-state index in [1.54, 1.807) is 6.92 Å². The normalized spacial score (nSPS) is 30.3. The summed E-state index contributed by atoms with van der Waals surface area (Å²) >= 11 is 0. The first-order valence-corrected chi connectivity index (χ1v) is 7.99. The number of rotatable bonds is 4. The molecule has 1 saturated heterocycles. The maximum atomic E-state index is 12.7. The van der Waals surface area contributed by atoms with Gasteiger partial charge < -0.3 is 10.6 Å². The molecular weight excluding hydrogens is 278 g/mol. The number of carbonyl (C=O) groups is 2. The first kappa shape index (κ1) is 15.0. The molecule has 1 aliphatic heterocycles. The van der Waals surface area contributed by atoms with Crippen LogP contribution in [0.2, 0.25) is 0 Å². The van der Waals surface area contributed by atoms with Crippen molar-refractivity contribution in [3.8, 4) is 0 Å². The van der Waals surface area contributed by atoms with E-state index in [1.165, 1.54) is 0 Å². The van der Waals surface area contributed by atoms with E-state index < -0.39 is 0 Å². The Labute approximate surface area is 131 Å². The number of benzene rings is 1. The highest BCUT2D eigenvalue weighted by Gasteiger charge is 2.53. The van der Waals surface area contributed by atoms with Gasteiger partial charge in [-0.15, -0.1) is 0 Å². The molecule has 0 spiro atoms. The van der Waals surface area contributed by atoms with Gasteiger partial charge in [-0.1, -0.05) is 25.1 Å². The van der Waals surface area contributed by atoms with Crippen molar-refractivity contribution in [2.24, 2.45) is 5.92 Å². The summed E-state index contributed by atoms with van der Waals surface area (Å²) < 4.78 is 0. The molecule has 22 heavy (non-hydrogen) atoms. The fraction of sp³-hybridized carbons (Fsp3) is 0.529. The Morgan fingerprint density at radius 1 is 1.23 bits per heavy atom. The molecule has 1 heterocycles. The van der Waals surface area contributed by atoms with Crippen LogP contribution in [0.15, 0.2) is 30.3 Å². The van der Waals surface area contributed by atoms with Crippen molar-refractivity contribution in [1.29, 1.82) is 0 Å². The zero-order chi connectivity index (χ0) is 15.7. The molecule has 2 bridgehead atoms. The van der Waals surface area contributed by atoms with Gasteiger partial charge >= 0.3 is 0 Å². The van der Waals surface area contributed by atoms with E-state index in [4.69, 9.17) is 0 Å². The summed E-state index contributed by atoms with van der Waals surface area (Å²) in [6.45, 7) is 4.50. The predicted molar refractivity (Wildman–Crippen MR) is 85.4 cm³/mol. The molecular formula is C17H23N3O2. The van der Waals surface area contributed by atoms with Gasteiger partial charge in [-0.3, -0.25) is 14.5 Å². The number of nitrogens with one attached hydrogen (secondary N) is 2. The highest BCUT2D eigenvalue weighted by Crippen LogP contribution is 2.42. The molecule has 118 valence electrons. The van der Waals surface area contributed by atoms with Crippen molar-refractivity contribution in [3.63, 3.8) is 0 Å². The molecule has 3 rings (SSSR count). The molecule has 5 nitrogen and oxygen atoms in total. The van der Waals surface area contributed by atoms with Crippen LogP contribution < -0.4 is 10.6 Å². The maximum Gasteiger partial charge on any atom is 0.242 e. The van der Waals surface area contributed by atoms with Crippen molar-refractivity contribution < 1.29 is 9.59 Å². The third-order valence-electron chi connectivity index (χ3n) is 4.88. The number of fused-ring (bicyclic) bond motifs is 2. The second-order valence-corrected chi connectivity index (χ2v) is 6.23. The lowest BCUT2D eigenvalue weighted by atomic mass is 9.92. The van der Waals surface area contributed by atoms with Crippen LogP contribution in [0.25, 0.3) is 0 Å². The largest absolute Gasteiger partial charge is 0.353 e. The molecule has 0 radical (unpaired) electrons. The Balaban J connectivity index is 1.75. The highest BCUT2D eigenvalue weighted by atomic mass is 16.2. The summed E-state index contributed by atoms with van der Waals surface area (Å²) in [6, 6.07) is 9.91. The first-order chi connectivity index (χ1) is 10.6. The third-order valence-corrected chi connectivity index (χ3v) is 4.88. The van der Waals surface area contributed by atoms with E-state index in [0.717, 1.165) is 25.1 Å². The Morgan fingerprint density at radius 3 is 2.59 bits per heavy atom. The number of likely N-dealkylation sites (N-methyl/N-ethyl adjacent to an activating group) is 1. The summed E-state index contributed by atoms with van der Waals surface area (Å²) in [5, 5.41) is 6.03. The molecule has 1 saturated carbocycles. The van der Waals surface area contributed by atoms with Gasteiger partial charge in [0.05, 0.1) is 6.04 Å². The van der Waals surface area contributed by atoms with Gasteiger partial charge in [0.1, 0.15) is 0 Å². The molecule has 2 amide bonds. The van der Waals surface area contributed by atoms with Gasteiger partial charge in [0, 0.05) is 30.6 Å². The minimum Gasteiger partial charge on any atom is -0.353 e. The number of hydrogen-bond donors (Lipinski definition) is 2. The van der Waals surface area contributed by atoms with Gasteiger partial charge in [0.2, 0.25) is 11.8 Å². The zero-order valence-corrected chi connectivity index (χ0v) is 13.1. The molecule has 2 N–H and O–H groups in total. The maximum absolute atomic E-state index is 12.7. The monoisotopic (exact) mass is 301 g/mol. The molecule has 1 aromatic carbocycles. The number of amides is 2. The topological polar surface area (TPSA) is 61.4 Å². The number of hydrogen-bond acceptors (Lipinski definition) is 3. The standard InChI is InChI=1S/C17H23N3O2/c1-3-20-13-9-14(15(10-13)18-11(2)21)16(20)17(22)19-12-7-5-4-6-8-12/h4-8,13-16H,3,9-10H2,1-2H3,(H,18,21)(H,19,22)/t13-,14-,15-,16+/m1/s1. The van der Waals surface area contributed by atoms with Crippen LogP contribution in [-0.4, -0.2) is 41.4 Å². The Kier molecular flexibility index (Phi) is 4.16. The smallest absolute Gasteiger partial charge is 0.242 e. The lowest BCUT2D eigenvalue weighted by molar-refractivity contribution is -0.125. The van der Waals surface area contributed by atoms with Crippen molar-refractivity contribution in [2.75, 3.05) is 11.9 Å². The summed E-state index contributed by atoms with van der Waals surface area (Å²) in [5.74, 6) is 0.232. The lowest BCUT2D eigenvalue weighted by Crippen LogP contribution is -2.55. The Bertz CT molecular complexity index is 560. The number of nitrogens with zero attached hydrogens (tertiary/aromatic N) is 1. The molecule has 0 unspecified atom stereocenters. The second-order valence-electron chi connectivity index (χ2n) is 6.23. The molecule has 1 aromatic rings. The van der Waals surface area contributed by atoms with Crippen LogP contribution in [0.1, 0.15) is 26.7 Å². The Morgan fingerprint density at radius 2 is 1.95 bits per heavy atom. The van der Waals surface area contributed by atoms with Crippen LogP contribution in [-0.2, 0) is 9.59 Å². The summed E-state index contributed by atoms with van der Waals surface area (Å²) in [7, 11) is 0. The van der Waals surface area contributed by atoms with E-state index >= 15 is 0 Å². The number of carbonyl (C=O) groups excluding carboxylic acids is 2. The predicted octanol–water partition coefficient (Wildman–Crippen LogP) is 1.61. The highest BCUT2D eigenvalue weighted by molar-refractivity contribution is 5.95. The van der Waals surface area contributed by atoms with Crippen molar-refractivity contribution in [2.45, 2.75) is 44.8 Å². The minimum absolute atomic E-state index is 0.0113. The van der Waals surface area contributed by atoms with E-state index in [-0.39, 0.29) is 29.8 Å². The molecule has 4 atom stereocenters. The fourth-order valence-corrected chi connectivity index (χ4v) is 4.10. The van der Waals surface area contributed by atoms with E-state index in [0.29, 0.717) is 6.04 Å². The van der Waals surface area contributed by atoms with Crippen LogP contribution in [0.5, 0.6) is 0 Å². The van der Waals surface area contributed by atoms with Crippen molar-refractivity contribution in [1.82, 2.24) is 10.2 Å². The number of likely N-dealkylation sites (tertiary alicyclic amines) is 1. The van der Waals surface area contributed by atoms with Crippen LogP contribution in [0.3, 0.4) is 0 Å². The SMILES string of the molecule is CCN1[C@@H]2C[C@@H]([C@H]1C(=O)Nc1ccccc1)[C@H](NC(C)=O)C2. The molecule has 2 aliphatic rings. The summed E-state index contributed by atoms with van der Waals surface area (Å²) in [4.78, 5) is 26.4. The van der Waals surface area contributed by atoms with Gasteiger partial charge in [0.15, 0.2) is 0 Å². The summed E-state index contributed by atoms with van der Waals surface area (Å²) in [6.07, 6.45) is 1.94. The van der Waals surface area contributed by atoms with Crippen molar-refractivity contribution >= 4 is 17.5 Å². The van der Waals surface area contributed by atoms with Gasteiger partial charge in [-0.05, 0) is 31.5 Å². The number of para-hydroxylation sites is 1. The van der Waals surface area contributed by atoms with Gasteiger partial charge in [-0.2, -0.15) is 0 Å². The van der Waals surface area contributed by atoms with Gasteiger partial charge in [-0.25, -0.2) is 0 Å². The minimum atomic E-state index is -0.152. The van der Waals surface area contributed by atoms with Gasteiger partial charge in [0.25, 0.3) is 0 Å². The zero-order valence-electron chi connectivity index (χ0n) is 13.1. The summed E-state index contributed by atoms with van der Waals surface area (Å²) in [5.41, 5.74) is 0.822. The van der Waals surface area contributed by atoms with Crippen molar-refractivity contribution in [3.05, 3.63) is 30.3 Å². The fourth-order valence-electron chi connectivity index (χ4n) is 4.10. The quantitative estimate of drug-likeness (QED) is 0.888. The second kappa shape index (κ2) is 6.08. The lowest BCUT2D eigenvalue weighted by Gasteiger charge is -2.37. The van der Waals surface area contributed by atoms with Crippen LogP contribution >= 0.6 is 0 Å². The average Bonchev–Trinajstić information content (AvgIpc) is 3.04. The van der Waals surface area contributed by atoms with E-state index in [1.807, 2.05) is 30.3 Å². The third kappa shape index (κ3) is 2.73. The average molecular weight is 301 g/mol. The van der Waals surface area contributed by atoms with Crippen LogP contribution in [0.4, 0.5) is 5.69 Å². The molecule has 0 aromatic heterocycles. The Hall–Kier alpha value is -1.88. The number of anilines is 1. The molecule has 2 fully saturated rings. The van der Waals surface area contributed by atoms with E-state index in [2.05, 4.69) is 22.5 Å². The number of piperidine rings is 1. The van der Waals surface area contributed by atoms with E-state index in [9.17, 15) is 9.59 Å². The van der Waals surface area contributed by atoms with Crippen LogP contribution in [0, 0.1) is 5.92 Å². The first-order valence-electron chi connectivity index (χ1n) is 7.99. The molecule has 1 aliphatic carbocycles.